The van der Waals surface area contributed by atoms with Crippen molar-refractivity contribution in [3.8, 4) is 0 Å². The van der Waals surface area contributed by atoms with Gasteiger partial charge in [-0.1, -0.05) is 30.1 Å². The molecular formula is C16H15Cl2NOS. The molecule has 1 aromatic carbocycles. The van der Waals surface area contributed by atoms with Gasteiger partial charge in [0.2, 0.25) is 0 Å². The van der Waals surface area contributed by atoms with Crippen LogP contribution in [0.1, 0.15) is 34.1 Å². The molecule has 0 aliphatic heterocycles. The fraction of sp³-hybridized carbons (Fsp3) is 0.312. The smallest absolute Gasteiger partial charge is 0.256 e. The van der Waals surface area contributed by atoms with Gasteiger partial charge < -0.3 is 5.32 Å². The van der Waals surface area contributed by atoms with Gasteiger partial charge in [-0.15, -0.1) is 11.3 Å². The van der Waals surface area contributed by atoms with Gasteiger partial charge in [-0.3, -0.25) is 4.79 Å². The molecule has 2 nitrogen and oxygen atoms in total. The van der Waals surface area contributed by atoms with Crippen molar-refractivity contribution in [1.82, 2.24) is 0 Å². The Morgan fingerprint density at radius 3 is 3.00 bits per heavy atom. The monoisotopic (exact) mass is 339 g/mol. The summed E-state index contributed by atoms with van der Waals surface area (Å²) in [5.41, 5.74) is 2.53. The Morgan fingerprint density at radius 2 is 2.19 bits per heavy atom. The lowest BCUT2D eigenvalue weighted by Crippen LogP contribution is -2.16. The average Bonchev–Trinajstić information content (AvgIpc) is 2.85. The van der Waals surface area contributed by atoms with Crippen molar-refractivity contribution in [3.05, 3.63) is 49.6 Å². The van der Waals surface area contributed by atoms with Crippen molar-refractivity contribution in [3.63, 3.8) is 0 Å². The Bertz CT molecular complexity index is 696. The molecule has 5 heteroatoms. The molecule has 1 aliphatic rings. The number of benzene rings is 1. The minimum Gasteiger partial charge on any atom is -0.321 e. The zero-order valence-electron chi connectivity index (χ0n) is 11.6. The van der Waals surface area contributed by atoms with Crippen LogP contribution in [0.3, 0.4) is 0 Å². The van der Waals surface area contributed by atoms with Gasteiger partial charge in [-0.2, -0.15) is 0 Å². The van der Waals surface area contributed by atoms with Crippen LogP contribution in [0.4, 0.5) is 5.69 Å². The normalized spacial score (nSPS) is 17.4. The van der Waals surface area contributed by atoms with Gasteiger partial charge in [0.05, 0.1) is 16.3 Å². The van der Waals surface area contributed by atoms with Gasteiger partial charge >= 0.3 is 0 Å². The minimum atomic E-state index is -0.105. The summed E-state index contributed by atoms with van der Waals surface area (Å²) in [5, 5.41) is 5.86. The van der Waals surface area contributed by atoms with Crippen molar-refractivity contribution < 1.29 is 4.79 Å². The van der Waals surface area contributed by atoms with E-state index in [1.54, 1.807) is 29.5 Å². The van der Waals surface area contributed by atoms with Crippen molar-refractivity contribution in [2.45, 2.75) is 26.2 Å². The van der Waals surface area contributed by atoms with Gasteiger partial charge in [-0.05, 0) is 48.9 Å². The maximum atomic E-state index is 12.5. The number of nitrogens with one attached hydrogen (secondary N) is 1. The third-order valence-electron chi connectivity index (χ3n) is 3.82. The van der Waals surface area contributed by atoms with E-state index < -0.39 is 0 Å². The topological polar surface area (TPSA) is 29.1 Å². The second-order valence-corrected chi connectivity index (χ2v) is 7.29. The van der Waals surface area contributed by atoms with Gasteiger partial charge in [0.1, 0.15) is 0 Å². The van der Waals surface area contributed by atoms with Crippen LogP contribution in [0.5, 0.6) is 0 Å². The zero-order valence-corrected chi connectivity index (χ0v) is 13.9. The molecule has 0 bridgehead atoms. The number of carbonyl (C=O) groups is 1. The van der Waals surface area contributed by atoms with Crippen LogP contribution in [-0.2, 0) is 12.8 Å². The minimum absolute atomic E-state index is 0.105. The number of anilines is 1. The Kier molecular flexibility index (Phi) is 4.25. The number of fused-ring (bicyclic) bond motifs is 1. The van der Waals surface area contributed by atoms with Crippen molar-refractivity contribution in [2.75, 3.05) is 5.32 Å². The molecule has 2 aromatic rings. The summed E-state index contributed by atoms with van der Waals surface area (Å²) >= 11 is 13.7. The van der Waals surface area contributed by atoms with E-state index in [4.69, 9.17) is 23.2 Å². The van der Waals surface area contributed by atoms with E-state index in [2.05, 4.69) is 12.2 Å². The number of carbonyl (C=O) groups excluding carboxylic acids is 1. The fourth-order valence-corrected chi connectivity index (χ4v) is 4.23. The first-order chi connectivity index (χ1) is 10.0. The van der Waals surface area contributed by atoms with Gasteiger partial charge in [0.25, 0.3) is 5.91 Å². The molecule has 0 spiro atoms. The van der Waals surface area contributed by atoms with E-state index in [1.165, 1.54) is 10.4 Å². The largest absolute Gasteiger partial charge is 0.321 e. The molecule has 0 saturated carbocycles. The summed E-state index contributed by atoms with van der Waals surface area (Å²) in [7, 11) is 0. The van der Waals surface area contributed by atoms with Crippen molar-refractivity contribution >= 4 is 46.1 Å². The number of thiophene rings is 1. The molecule has 0 unspecified atom stereocenters. The lowest BCUT2D eigenvalue weighted by Gasteiger charge is -2.19. The average molecular weight is 340 g/mol. The summed E-state index contributed by atoms with van der Waals surface area (Å²) in [5.74, 6) is 0.598. The van der Waals surface area contributed by atoms with Crippen LogP contribution >= 0.6 is 34.5 Å². The number of amides is 1. The van der Waals surface area contributed by atoms with Crippen LogP contribution in [0.2, 0.25) is 10.0 Å². The Hall–Kier alpha value is -1.03. The van der Waals surface area contributed by atoms with E-state index >= 15 is 0 Å². The van der Waals surface area contributed by atoms with E-state index in [0.29, 0.717) is 21.7 Å². The summed E-state index contributed by atoms with van der Waals surface area (Å²) in [6.45, 7) is 2.26. The quantitative estimate of drug-likeness (QED) is 0.776. The predicted octanol–water partition coefficient (Wildman–Crippen LogP) is 5.43. The van der Waals surface area contributed by atoms with Crippen molar-refractivity contribution in [1.29, 1.82) is 0 Å². The first kappa shape index (κ1) is 14.9. The van der Waals surface area contributed by atoms with Crippen molar-refractivity contribution in [2.24, 2.45) is 5.92 Å². The molecule has 110 valence electrons. The number of hydrogen-bond donors (Lipinski definition) is 1. The summed E-state index contributed by atoms with van der Waals surface area (Å²) in [6, 6.07) is 5.06. The Morgan fingerprint density at radius 1 is 1.38 bits per heavy atom. The highest BCUT2D eigenvalue weighted by molar-refractivity contribution is 7.10. The molecular weight excluding hydrogens is 325 g/mol. The maximum Gasteiger partial charge on any atom is 0.256 e. The van der Waals surface area contributed by atoms with Crippen LogP contribution in [0.25, 0.3) is 0 Å². The lowest BCUT2D eigenvalue weighted by atomic mass is 9.88. The molecule has 0 radical (unpaired) electrons. The zero-order chi connectivity index (χ0) is 15.0. The molecule has 1 amide bonds. The first-order valence-electron chi connectivity index (χ1n) is 6.90. The number of rotatable bonds is 2. The molecule has 1 atom stereocenters. The molecule has 0 fully saturated rings. The predicted molar refractivity (Wildman–Crippen MR) is 89.9 cm³/mol. The van der Waals surface area contributed by atoms with Crippen LogP contribution in [0.15, 0.2) is 23.6 Å². The van der Waals surface area contributed by atoms with Gasteiger partial charge in [-0.25, -0.2) is 0 Å². The van der Waals surface area contributed by atoms with E-state index in [9.17, 15) is 4.79 Å². The molecule has 1 N–H and O–H groups in total. The highest BCUT2D eigenvalue weighted by Crippen LogP contribution is 2.34. The van der Waals surface area contributed by atoms with Crippen LogP contribution in [0, 0.1) is 5.92 Å². The summed E-state index contributed by atoms with van der Waals surface area (Å²) in [4.78, 5) is 13.8. The fourth-order valence-electron chi connectivity index (χ4n) is 2.65. The van der Waals surface area contributed by atoms with Gasteiger partial charge in [0, 0.05) is 15.3 Å². The number of halogens is 2. The second-order valence-electron chi connectivity index (χ2n) is 5.48. The molecule has 1 aliphatic carbocycles. The summed E-state index contributed by atoms with van der Waals surface area (Å²) in [6.07, 6.45) is 3.19. The van der Waals surface area contributed by atoms with E-state index in [-0.39, 0.29) is 5.91 Å². The highest BCUT2D eigenvalue weighted by atomic mass is 35.5. The third-order valence-corrected chi connectivity index (χ3v) is 5.44. The maximum absolute atomic E-state index is 12.5. The first-order valence-corrected chi connectivity index (χ1v) is 8.54. The van der Waals surface area contributed by atoms with Crippen LogP contribution in [-0.4, -0.2) is 5.91 Å². The highest BCUT2D eigenvalue weighted by Gasteiger charge is 2.23. The molecule has 1 heterocycles. The van der Waals surface area contributed by atoms with Crippen LogP contribution < -0.4 is 5.32 Å². The Balaban J connectivity index is 1.85. The lowest BCUT2D eigenvalue weighted by molar-refractivity contribution is 0.102. The van der Waals surface area contributed by atoms with Gasteiger partial charge in [0.15, 0.2) is 0 Å². The molecule has 1 aromatic heterocycles. The standard InChI is InChI=1S/C16H15Cl2NOS/c1-9-2-4-11-12(8-21-15(11)6-9)16(20)19-14-7-10(17)3-5-13(14)18/h3,5,7-9H,2,4,6H2,1H3,(H,19,20)/t9-/m1/s1. The summed E-state index contributed by atoms with van der Waals surface area (Å²) < 4.78 is 0. The molecule has 0 saturated heterocycles. The SMILES string of the molecule is C[C@@H]1CCc2c(C(=O)Nc3cc(Cl)ccc3Cl)csc2C1. The third kappa shape index (κ3) is 3.10. The molecule has 21 heavy (non-hydrogen) atoms. The van der Waals surface area contributed by atoms with E-state index in [0.717, 1.165) is 24.8 Å². The second kappa shape index (κ2) is 5.99. The van der Waals surface area contributed by atoms with E-state index in [1.807, 2.05) is 5.38 Å². The number of hydrogen-bond acceptors (Lipinski definition) is 2. The Labute approximate surface area is 138 Å². The molecule has 3 rings (SSSR count).